The van der Waals surface area contributed by atoms with Crippen LogP contribution in [-0.2, 0) is 11.2 Å². The Balaban J connectivity index is 2.10. The molecule has 14 heavy (non-hydrogen) atoms. The second kappa shape index (κ2) is 4.26. The van der Waals surface area contributed by atoms with Gasteiger partial charge in [0.15, 0.2) is 0 Å². The van der Waals surface area contributed by atoms with Crippen molar-refractivity contribution in [2.75, 3.05) is 13.3 Å². The summed E-state index contributed by atoms with van der Waals surface area (Å²) >= 11 is 5.93. The van der Waals surface area contributed by atoms with Crippen molar-refractivity contribution in [2.24, 2.45) is 0 Å². The maximum absolute atomic E-state index is 12.9. The minimum Gasteiger partial charge on any atom is -0.361 e. The van der Waals surface area contributed by atoms with Crippen LogP contribution in [0.4, 0.5) is 4.39 Å². The predicted octanol–water partition coefficient (Wildman–Crippen LogP) is 1.97. The monoisotopic (exact) mass is 215 g/mol. The van der Waals surface area contributed by atoms with E-state index in [2.05, 4.69) is 5.32 Å². The zero-order valence-electron chi connectivity index (χ0n) is 7.59. The molecular weight excluding hydrogens is 205 g/mol. The van der Waals surface area contributed by atoms with Crippen LogP contribution in [0.5, 0.6) is 0 Å². The summed E-state index contributed by atoms with van der Waals surface area (Å²) in [4.78, 5) is 0. The number of benzene rings is 1. The van der Waals surface area contributed by atoms with Crippen LogP contribution in [0.1, 0.15) is 5.56 Å². The van der Waals surface area contributed by atoms with Gasteiger partial charge in [-0.3, -0.25) is 5.32 Å². The molecule has 4 heteroatoms. The van der Waals surface area contributed by atoms with E-state index in [9.17, 15) is 4.39 Å². The molecule has 0 spiro atoms. The minimum absolute atomic E-state index is 0.106. The smallest absolute Gasteiger partial charge is 0.123 e. The average molecular weight is 216 g/mol. The van der Waals surface area contributed by atoms with Crippen molar-refractivity contribution in [3.8, 4) is 0 Å². The third-order valence-corrected chi connectivity index (χ3v) is 2.62. The summed E-state index contributed by atoms with van der Waals surface area (Å²) in [7, 11) is 0. The van der Waals surface area contributed by atoms with Crippen LogP contribution in [0.25, 0.3) is 0 Å². The first-order valence-electron chi connectivity index (χ1n) is 4.52. The van der Waals surface area contributed by atoms with Crippen LogP contribution in [0.2, 0.25) is 5.02 Å². The fourth-order valence-electron chi connectivity index (χ4n) is 1.53. The van der Waals surface area contributed by atoms with Gasteiger partial charge in [0.1, 0.15) is 5.82 Å². The fourth-order valence-corrected chi connectivity index (χ4v) is 1.73. The van der Waals surface area contributed by atoms with Crippen molar-refractivity contribution in [1.29, 1.82) is 0 Å². The molecule has 2 nitrogen and oxygen atoms in total. The van der Waals surface area contributed by atoms with Gasteiger partial charge >= 0.3 is 0 Å². The van der Waals surface area contributed by atoms with Gasteiger partial charge in [0.25, 0.3) is 0 Å². The second-order valence-corrected chi connectivity index (χ2v) is 3.73. The quantitative estimate of drug-likeness (QED) is 0.815. The first kappa shape index (κ1) is 9.90. The van der Waals surface area contributed by atoms with Crippen molar-refractivity contribution in [1.82, 2.24) is 5.32 Å². The molecule has 1 heterocycles. The zero-order chi connectivity index (χ0) is 9.97. The summed E-state index contributed by atoms with van der Waals surface area (Å²) < 4.78 is 18.3. The summed E-state index contributed by atoms with van der Waals surface area (Å²) in [6, 6.07) is 4.40. The van der Waals surface area contributed by atoms with Crippen LogP contribution in [0, 0.1) is 5.82 Å². The molecular formula is C10H11ClFNO. The molecule has 1 aromatic carbocycles. The number of ether oxygens (including phenoxy) is 1. The third-order valence-electron chi connectivity index (χ3n) is 2.25. The lowest BCUT2D eigenvalue weighted by Gasteiger charge is -2.09. The van der Waals surface area contributed by atoms with Gasteiger partial charge in [0.2, 0.25) is 0 Å². The maximum atomic E-state index is 12.9. The number of nitrogens with one attached hydrogen (secondary N) is 1. The summed E-state index contributed by atoms with van der Waals surface area (Å²) in [5.74, 6) is -0.254. The Morgan fingerprint density at radius 1 is 1.57 bits per heavy atom. The van der Waals surface area contributed by atoms with Crippen molar-refractivity contribution in [3.63, 3.8) is 0 Å². The Morgan fingerprint density at radius 2 is 2.43 bits per heavy atom. The molecule has 1 fully saturated rings. The minimum atomic E-state index is -0.254. The summed E-state index contributed by atoms with van der Waals surface area (Å²) in [6.45, 7) is 1.37. The summed E-state index contributed by atoms with van der Waals surface area (Å²) in [6.07, 6.45) is 0.762. The zero-order valence-corrected chi connectivity index (χ0v) is 8.35. The standard InChI is InChI=1S/C10H11ClFNO/c11-10-2-1-8(12)3-7(10)4-9-5-13-6-14-9/h1-3,9,13H,4-6H2. The molecule has 1 N–H and O–H groups in total. The van der Waals surface area contributed by atoms with Gasteiger partial charge < -0.3 is 4.74 Å². The van der Waals surface area contributed by atoms with E-state index in [0.717, 1.165) is 12.1 Å². The van der Waals surface area contributed by atoms with E-state index in [1.807, 2.05) is 0 Å². The van der Waals surface area contributed by atoms with Gasteiger partial charge in [0.05, 0.1) is 12.8 Å². The molecule has 1 atom stereocenters. The summed E-state index contributed by atoms with van der Waals surface area (Å²) in [5, 5.41) is 3.67. The highest BCUT2D eigenvalue weighted by Gasteiger charge is 2.16. The molecule has 1 aromatic rings. The molecule has 0 bridgehead atoms. The van der Waals surface area contributed by atoms with Crippen LogP contribution in [0.3, 0.4) is 0 Å². The molecule has 1 aliphatic rings. The van der Waals surface area contributed by atoms with E-state index in [4.69, 9.17) is 16.3 Å². The van der Waals surface area contributed by atoms with E-state index in [1.165, 1.54) is 12.1 Å². The maximum Gasteiger partial charge on any atom is 0.123 e. The van der Waals surface area contributed by atoms with Crippen molar-refractivity contribution in [2.45, 2.75) is 12.5 Å². The Morgan fingerprint density at radius 3 is 3.14 bits per heavy atom. The van der Waals surface area contributed by atoms with E-state index < -0.39 is 0 Å². The molecule has 0 amide bonds. The highest BCUT2D eigenvalue weighted by atomic mass is 35.5. The lowest BCUT2D eigenvalue weighted by molar-refractivity contribution is 0.113. The first-order chi connectivity index (χ1) is 6.75. The van der Waals surface area contributed by atoms with Gasteiger partial charge in [0, 0.05) is 18.0 Å². The third kappa shape index (κ3) is 2.23. The highest BCUT2D eigenvalue weighted by molar-refractivity contribution is 6.31. The molecule has 0 saturated carbocycles. The molecule has 2 rings (SSSR count). The van der Waals surface area contributed by atoms with E-state index in [0.29, 0.717) is 18.2 Å². The topological polar surface area (TPSA) is 21.3 Å². The van der Waals surface area contributed by atoms with Crippen molar-refractivity contribution < 1.29 is 9.13 Å². The van der Waals surface area contributed by atoms with Crippen LogP contribution in [-0.4, -0.2) is 19.4 Å². The Labute approximate surface area is 87.0 Å². The van der Waals surface area contributed by atoms with Crippen LogP contribution < -0.4 is 5.32 Å². The molecule has 1 aliphatic heterocycles. The Bertz CT molecular complexity index is 326. The second-order valence-electron chi connectivity index (χ2n) is 3.33. The van der Waals surface area contributed by atoms with Gasteiger partial charge in [-0.2, -0.15) is 0 Å². The lowest BCUT2D eigenvalue weighted by atomic mass is 10.1. The van der Waals surface area contributed by atoms with Crippen molar-refractivity contribution in [3.05, 3.63) is 34.6 Å². The highest BCUT2D eigenvalue weighted by Crippen LogP contribution is 2.19. The lowest BCUT2D eigenvalue weighted by Crippen LogP contribution is -2.16. The molecule has 1 unspecified atom stereocenters. The number of rotatable bonds is 2. The largest absolute Gasteiger partial charge is 0.361 e. The fraction of sp³-hybridized carbons (Fsp3) is 0.400. The van der Waals surface area contributed by atoms with Gasteiger partial charge in [-0.15, -0.1) is 0 Å². The van der Waals surface area contributed by atoms with E-state index >= 15 is 0 Å². The van der Waals surface area contributed by atoms with Crippen LogP contribution >= 0.6 is 11.6 Å². The van der Waals surface area contributed by atoms with E-state index in [-0.39, 0.29) is 11.9 Å². The predicted molar refractivity (Wildman–Crippen MR) is 52.9 cm³/mol. The van der Waals surface area contributed by atoms with Gasteiger partial charge in [-0.25, -0.2) is 4.39 Å². The van der Waals surface area contributed by atoms with E-state index in [1.54, 1.807) is 6.07 Å². The molecule has 0 aromatic heterocycles. The summed E-state index contributed by atoms with van der Waals surface area (Å²) in [5.41, 5.74) is 0.806. The van der Waals surface area contributed by atoms with Gasteiger partial charge in [-0.1, -0.05) is 11.6 Å². The first-order valence-corrected chi connectivity index (χ1v) is 4.90. The average Bonchev–Trinajstić information content (AvgIpc) is 2.64. The SMILES string of the molecule is Fc1ccc(Cl)c(CC2CNCO2)c1. The number of hydrogen-bond donors (Lipinski definition) is 1. The number of halogens is 2. The van der Waals surface area contributed by atoms with Crippen LogP contribution in [0.15, 0.2) is 18.2 Å². The number of hydrogen-bond acceptors (Lipinski definition) is 2. The molecule has 0 radical (unpaired) electrons. The van der Waals surface area contributed by atoms with Crippen molar-refractivity contribution >= 4 is 11.6 Å². The molecule has 76 valence electrons. The normalized spacial score (nSPS) is 21.4. The molecule has 1 saturated heterocycles. The van der Waals surface area contributed by atoms with Gasteiger partial charge in [-0.05, 0) is 23.8 Å². The Kier molecular flexibility index (Phi) is 3.01. The Hall–Kier alpha value is -0.640. The molecule has 0 aliphatic carbocycles.